The van der Waals surface area contributed by atoms with Crippen LogP contribution in [0.2, 0.25) is 0 Å². The van der Waals surface area contributed by atoms with E-state index in [0.29, 0.717) is 24.7 Å². The maximum Gasteiger partial charge on any atom is 0.240 e. The summed E-state index contributed by atoms with van der Waals surface area (Å²) in [5.74, 6) is 1.04. The molecule has 0 amide bonds. The van der Waals surface area contributed by atoms with E-state index >= 15 is 0 Å². The molecular weight excluding hydrogens is 314 g/mol. The summed E-state index contributed by atoms with van der Waals surface area (Å²) in [5, 5.41) is 0. The molecule has 5 nitrogen and oxygen atoms in total. The van der Waals surface area contributed by atoms with Crippen LogP contribution in [0, 0.1) is 0 Å². The van der Waals surface area contributed by atoms with Crippen LogP contribution in [0.1, 0.15) is 52.4 Å². The Labute approximate surface area is 139 Å². The van der Waals surface area contributed by atoms with Crippen LogP contribution in [-0.4, -0.2) is 27.7 Å². The summed E-state index contributed by atoms with van der Waals surface area (Å²) in [4.78, 5) is 0.230. The van der Waals surface area contributed by atoms with Gasteiger partial charge in [-0.15, -0.1) is 0 Å². The lowest BCUT2D eigenvalue weighted by Crippen LogP contribution is -2.34. The first-order chi connectivity index (χ1) is 11.1. The van der Waals surface area contributed by atoms with E-state index in [-0.39, 0.29) is 10.9 Å². The van der Waals surface area contributed by atoms with E-state index in [4.69, 9.17) is 9.47 Å². The van der Waals surface area contributed by atoms with Crippen molar-refractivity contribution in [3.05, 3.63) is 18.2 Å². The summed E-state index contributed by atoms with van der Waals surface area (Å²) in [6.07, 6.45) is 6.37. The second-order valence-corrected chi connectivity index (χ2v) is 7.50. The summed E-state index contributed by atoms with van der Waals surface area (Å²) in [6, 6.07) is 4.82. The number of hydrogen-bond acceptors (Lipinski definition) is 4. The Morgan fingerprint density at radius 1 is 1.00 bits per heavy atom. The fourth-order valence-corrected chi connectivity index (χ4v) is 4.20. The van der Waals surface area contributed by atoms with Crippen LogP contribution < -0.4 is 14.2 Å². The molecule has 0 bridgehead atoms. The van der Waals surface area contributed by atoms with Crippen molar-refractivity contribution in [3.8, 4) is 11.5 Å². The summed E-state index contributed by atoms with van der Waals surface area (Å²) in [6.45, 7) is 4.71. The lowest BCUT2D eigenvalue weighted by atomic mass is 10.1. The molecule has 2 rings (SSSR count). The zero-order chi connectivity index (χ0) is 16.7. The van der Waals surface area contributed by atoms with Gasteiger partial charge in [0.2, 0.25) is 10.0 Å². The molecule has 0 radical (unpaired) electrons. The highest BCUT2D eigenvalue weighted by Crippen LogP contribution is 2.30. The molecular formula is C17H27NO4S. The third-order valence-electron chi connectivity index (χ3n) is 4.00. The SMILES string of the molecule is CCOc1ccc(S(=O)(=O)NC2CCCCCC2)cc1OCC. The minimum absolute atomic E-state index is 0.0320. The lowest BCUT2D eigenvalue weighted by Gasteiger charge is -2.17. The fraction of sp³-hybridized carbons (Fsp3) is 0.647. The number of ether oxygens (including phenoxy) is 2. The predicted molar refractivity (Wildman–Crippen MR) is 90.6 cm³/mol. The van der Waals surface area contributed by atoms with Gasteiger partial charge in [0.25, 0.3) is 0 Å². The van der Waals surface area contributed by atoms with Gasteiger partial charge in [-0.25, -0.2) is 13.1 Å². The first kappa shape index (κ1) is 18.1. The molecule has 23 heavy (non-hydrogen) atoms. The second kappa shape index (κ2) is 8.55. The second-order valence-electron chi connectivity index (χ2n) is 5.78. The zero-order valence-corrected chi connectivity index (χ0v) is 14.8. The van der Waals surface area contributed by atoms with Crippen molar-refractivity contribution in [3.63, 3.8) is 0 Å². The molecule has 1 aromatic rings. The summed E-state index contributed by atoms with van der Waals surface area (Å²) in [7, 11) is -3.53. The summed E-state index contributed by atoms with van der Waals surface area (Å²) >= 11 is 0. The molecule has 1 saturated carbocycles. The van der Waals surface area contributed by atoms with Crippen molar-refractivity contribution in [2.24, 2.45) is 0 Å². The van der Waals surface area contributed by atoms with Crippen LogP contribution in [0.3, 0.4) is 0 Å². The van der Waals surface area contributed by atoms with E-state index in [9.17, 15) is 8.42 Å². The largest absolute Gasteiger partial charge is 0.490 e. The van der Waals surface area contributed by atoms with Gasteiger partial charge in [0.15, 0.2) is 11.5 Å². The summed E-state index contributed by atoms with van der Waals surface area (Å²) in [5.41, 5.74) is 0. The van der Waals surface area contributed by atoms with Gasteiger partial charge in [-0.3, -0.25) is 0 Å². The van der Waals surface area contributed by atoms with Crippen molar-refractivity contribution in [2.75, 3.05) is 13.2 Å². The molecule has 0 aromatic heterocycles. The van der Waals surface area contributed by atoms with Crippen molar-refractivity contribution < 1.29 is 17.9 Å². The highest BCUT2D eigenvalue weighted by molar-refractivity contribution is 7.89. The van der Waals surface area contributed by atoms with Crippen molar-refractivity contribution >= 4 is 10.0 Å². The molecule has 1 N–H and O–H groups in total. The summed E-state index contributed by atoms with van der Waals surface area (Å²) < 4.78 is 39.1. The number of rotatable bonds is 7. The molecule has 1 fully saturated rings. The standard InChI is InChI=1S/C17H27NO4S/c1-3-21-16-12-11-15(13-17(16)22-4-2)23(19,20)18-14-9-7-5-6-8-10-14/h11-14,18H,3-10H2,1-2H3. The number of nitrogens with one attached hydrogen (secondary N) is 1. The molecule has 0 saturated heterocycles. The Bertz CT molecular complexity index is 593. The van der Waals surface area contributed by atoms with E-state index in [0.717, 1.165) is 25.7 Å². The Balaban J connectivity index is 2.19. The van der Waals surface area contributed by atoms with Gasteiger partial charge in [-0.05, 0) is 38.8 Å². The third kappa shape index (κ3) is 5.11. The Morgan fingerprint density at radius 2 is 1.61 bits per heavy atom. The molecule has 1 aliphatic rings. The molecule has 0 heterocycles. The molecule has 6 heteroatoms. The molecule has 0 spiro atoms. The van der Waals surface area contributed by atoms with Crippen molar-refractivity contribution in [1.29, 1.82) is 0 Å². The minimum Gasteiger partial charge on any atom is -0.490 e. The zero-order valence-electron chi connectivity index (χ0n) is 14.0. The monoisotopic (exact) mass is 341 g/mol. The molecule has 0 atom stereocenters. The Kier molecular flexibility index (Phi) is 6.72. The van der Waals surface area contributed by atoms with E-state index in [1.54, 1.807) is 18.2 Å². The van der Waals surface area contributed by atoms with E-state index in [2.05, 4.69) is 4.72 Å². The molecule has 1 aromatic carbocycles. The predicted octanol–water partition coefficient (Wildman–Crippen LogP) is 3.49. The topological polar surface area (TPSA) is 64.6 Å². The van der Waals surface area contributed by atoms with Crippen LogP contribution >= 0.6 is 0 Å². The first-order valence-corrected chi connectivity index (χ1v) is 9.97. The van der Waals surface area contributed by atoms with Gasteiger partial charge >= 0.3 is 0 Å². The van der Waals surface area contributed by atoms with Crippen LogP contribution in [0.5, 0.6) is 11.5 Å². The van der Waals surface area contributed by atoms with Crippen LogP contribution in [0.15, 0.2) is 23.1 Å². The minimum atomic E-state index is -3.53. The van der Waals surface area contributed by atoms with Crippen LogP contribution in [0.4, 0.5) is 0 Å². The number of sulfonamides is 1. The van der Waals surface area contributed by atoms with Crippen molar-refractivity contribution in [1.82, 2.24) is 4.72 Å². The lowest BCUT2D eigenvalue weighted by molar-refractivity contribution is 0.287. The highest BCUT2D eigenvalue weighted by Gasteiger charge is 2.22. The molecule has 1 aliphatic carbocycles. The van der Waals surface area contributed by atoms with E-state index in [1.165, 1.54) is 12.8 Å². The van der Waals surface area contributed by atoms with Gasteiger partial charge in [0.1, 0.15) is 0 Å². The quantitative estimate of drug-likeness (QED) is 0.771. The number of benzene rings is 1. The van der Waals surface area contributed by atoms with Gasteiger partial charge in [-0.1, -0.05) is 25.7 Å². The first-order valence-electron chi connectivity index (χ1n) is 8.48. The van der Waals surface area contributed by atoms with Gasteiger partial charge < -0.3 is 9.47 Å². The molecule has 130 valence electrons. The van der Waals surface area contributed by atoms with Gasteiger partial charge in [-0.2, -0.15) is 0 Å². The van der Waals surface area contributed by atoms with E-state index < -0.39 is 10.0 Å². The molecule has 0 aliphatic heterocycles. The van der Waals surface area contributed by atoms with Crippen molar-refractivity contribution in [2.45, 2.75) is 63.3 Å². The molecule has 0 unspecified atom stereocenters. The Morgan fingerprint density at radius 3 is 2.22 bits per heavy atom. The fourth-order valence-electron chi connectivity index (χ4n) is 2.88. The van der Waals surface area contributed by atoms with Crippen LogP contribution in [0.25, 0.3) is 0 Å². The Hall–Kier alpha value is -1.27. The maximum absolute atomic E-state index is 12.6. The average Bonchev–Trinajstić information content (AvgIpc) is 2.77. The average molecular weight is 341 g/mol. The normalized spacial score (nSPS) is 16.8. The number of hydrogen-bond donors (Lipinski definition) is 1. The third-order valence-corrected chi connectivity index (χ3v) is 5.52. The van der Waals surface area contributed by atoms with E-state index in [1.807, 2.05) is 13.8 Å². The van der Waals surface area contributed by atoms with Gasteiger partial charge in [0.05, 0.1) is 18.1 Å². The van der Waals surface area contributed by atoms with Crippen LogP contribution in [-0.2, 0) is 10.0 Å². The smallest absolute Gasteiger partial charge is 0.240 e. The van der Waals surface area contributed by atoms with Gasteiger partial charge in [0, 0.05) is 12.1 Å². The highest BCUT2D eigenvalue weighted by atomic mass is 32.2. The maximum atomic E-state index is 12.6.